The van der Waals surface area contributed by atoms with Gasteiger partial charge in [0.1, 0.15) is 0 Å². The van der Waals surface area contributed by atoms with Gasteiger partial charge in [-0.15, -0.1) is 0 Å². The summed E-state index contributed by atoms with van der Waals surface area (Å²) in [6.45, 7) is 1.51. The second-order valence-electron chi connectivity index (χ2n) is 6.22. The van der Waals surface area contributed by atoms with Crippen LogP contribution in [0.2, 0.25) is 10.0 Å². The molecule has 1 heterocycles. The predicted octanol–water partition coefficient (Wildman–Crippen LogP) is 5.37. The Morgan fingerprint density at radius 1 is 1.11 bits per heavy atom. The molecule has 28 heavy (non-hydrogen) atoms. The summed E-state index contributed by atoms with van der Waals surface area (Å²) in [6.07, 6.45) is -5.40. The molecule has 0 radical (unpaired) electrons. The van der Waals surface area contributed by atoms with Crippen molar-refractivity contribution in [1.29, 1.82) is 0 Å². The number of sulfone groups is 1. The summed E-state index contributed by atoms with van der Waals surface area (Å²) < 4.78 is 65.6. The average Bonchev–Trinajstić information content (AvgIpc) is 3.08. The first kappa shape index (κ1) is 21.0. The fraction of sp³-hybridized carbons (Fsp3) is 0.278. The van der Waals surface area contributed by atoms with Crippen LogP contribution in [-0.4, -0.2) is 26.1 Å². The van der Waals surface area contributed by atoms with Crippen molar-refractivity contribution in [2.75, 3.05) is 5.75 Å². The van der Waals surface area contributed by atoms with E-state index in [1.807, 2.05) is 0 Å². The monoisotopic (exact) mass is 451 g/mol. The van der Waals surface area contributed by atoms with E-state index in [4.69, 9.17) is 28.0 Å². The van der Waals surface area contributed by atoms with Crippen molar-refractivity contribution in [2.45, 2.75) is 30.0 Å². The molecule has 1 aliphatic rings. The highest BCUT2D eigenvalue weighted by Gasteiger charge is 2.62. The van der Waals surface area contributed by atoms with Gasteiger partial charge in [-0.05, 0) is 35.9 Å². The zero-order valence-electron chi connectivity index (χ0n) is 14.4. The van der Waals surface area contributed by atoms with Gasteiger partial charge in [-0.3, -0.25) is 0 Å². The van der Waals surface area contributed by atoms with E-state index in [1.165, 1.54) is 37.3 Å². The predicted molar refractivity (Wildman–Crippen MR) is 101 cm³/mol. The van der Waals surface area contributed by atoms with Crippen molar-refractivity contribution in [3.8, 4) is 0 Å². The molecule has 0 bridgehead atoms. The Balaban J connectivity index is 1.98. The molecule has 4 nitrogen and oxygen atoms in total. The minimum absolute atomic E-state index is 0.0360. The van der Waals surface area contributed by atoms with E-state index >= 15 is 0 Å². The molecule has 150 valence electrons. The van der Waals surface area contributed by atoms with Crippen LogP contribution in [0.3, 0.4) is 0 Å². The summed E-state index contributed by atoms with van der Waals surface area (Å²) >= 11 is 11.7. The molecule has 1 atom stereocenters. The van der Waals surface area contributed by atoms with Crippen molar-refractivity contribution >= 4 is 38.8 Å². The van der Waals surface area contributed by atoms with Gasteiger partial charge in [0.25, 0.3) is 5.60 Å². The van der Waals surface area contributed by atoms with Gasteiger partial charge in [0.15, 0.2) is 9.84 Å². The van der Waals surface area contributed by atoms with Crippen LogP contribution in [0.15, 0.2) is 52.5 Å². The molecule has 0 aromatic heterocycles. The molecule has 2 aromatic rings. The molecule has 2 aromatic carbocycles. The lowest BCUT2D eigenvalue weighted by atomic mass is 9.86. The first-order valence-electron chi connectivity index (χ1n) is 8.10. The Kier molecular flexibility index (Phi) is 5.42. The zero-order valence-corrected chi connectivity index (χ0v) is 16.8. The topological polar surface area (TPSA) is 55.7 Å². The molecule has 0 amide bonds. The number of hydrogen-bond acceptors (Lipinski definition) is 4. The maximum atomic E-state index is 14.0. The fourth-order valence-electron chi connectivity index (χ4n) is 2.87. The molecule has 1 aliphatic heterocycles. The van der Waals surface area contributed by atoms with E-state index in [2.05, 4.69) is 5.16 Å². The molecule has 0 N–H and O–H groups in total. The van der Waals surface area contributed by atoms with E-state index in [1.54, 1.807) is 0 Å². The zero-order chi connectivity index (χ0) is 20.7. The maximum Gasteiger partial charge on any atom is 0.435 e. The molecule has 0 spiro atoms. The van der Waals surface area contributed by atoms with Gasteiger partial charge in [-0.2, -0.15) is 13.2 Å². The van der Waals surface area contributed by atoms with Crippen LogP contribution in [0, 0.1) is 0 Å². The number of oxime groups is 1. The van der Waals surface area contributed by atoms with Crippen molar-refractivity contribution < 1.29 is 26.4 Å². The molecule has 0 saturated heterocycles. The van der Waals surface area contributed by atoms with E-state index in [0.29, 0.717) is 5.56 Å². The van der Waals surface area contributed by atoms with E-state index in [9.17, 15) is 21.6 Å². The summed E-state index contributed by atoms with van der Waals surface area (Å²) in [5, 5.41) is 3.71. The SMILES string of the molecule is CCS(=O)(=O)c1ccc(C2=NOC(c3cc(Cl)cc(Cl)c3)(C(F)(F)F)C2)cc1. The van der Waals surface area contributed by atoms with E-state index in [-0.39, 0.29) is 32.0 Å². The number of halogens is 5. The molecule has 3 rings (SSSR count). The van der Waals surface area contributed by atoms with Crippen molar-refractivity contribution in [1.82, 2.24) is 0 Å². The van der Waals surface area contributed by atoms with Gasteiger partial charge in [-0.25, -0.2) is 8.42 Å². The molecule has 0 aliphatic carbocycles. The Hall–Kier alpha value is -1.77. The third-order valence-electron chi connectivity index (χ3n) is 4.44. The average molecular weight is 452 g/mol. The Morgan fingerprint density at radius 2 is 1.68 bits per heavy atom. The molecule has 10 heteroatoms. The Morgan fingerprint density at radius 3 is 2.18 bits per heavy atom. The van der Waals surface area contributed by atoms with Crippen LogP contribution < -0.4 is 0 Å². The molecular weight excluding hydrogens is 438 g/mol. The lowest BCUT2D eigenvalue weighted by Crippen LogP contribution is -2.42. The lowest BCUT2D eigenvalue weighted by molar-refractivity contribution is -0.275. The van der Waals surface area contributed by atoms with Crippen LogP contribution >= 0.6 is 23.2 Å². The van der Waals surface area contributed by atoms with Crippen LogP contribution in [0.1, 0.15) is 24.5 Å². The minimum Gasteiger partial charge on any atom is -0.374 e. The highest BCUT2D eigenvalue weighted by atomic mass is 35.5. The first-order chi connectivity index (χ1) is 13.0. The van der Waals surface area contributed by atoms with Crippen LogP contribution in [0.5, 0.6) is 0 Å². The number of rotatable bonds is 4. The number of benzene rings is 2. The van der Waals surface area contributed by atoms with Crippen molar-refractivity contribution in [3.63, 3.8) is 0 Å². The van der Waals surface area contributed by atoms with Crippen molar-refractivity contribution in [2.24, 2.45) is 5.16 Å². The normalized spacial score (nSPS) is 20.0. The smallest absolute Gasteiger partial charge is 0.374 e. The van der Waals surface area contributed by atoms with Crippen molar-refractivity contribution in [3.05, 3.63) is 63.6 Å². The van der Waals surface area contributed by atoms with Gasteiger partial charge < -0.3 is 4.84 Å². The van der Waals surface area contributed by atoms with Gasteiger partial charge in [0.2, 0.25) is 0 Å². The van der Waals surface area contributed by atoms with Crippen LogP contribution in [0.4, 0.5) is 13.2 Å². The van der Waals surface area contributed by atoms with E-state index < -0.39 is 28.0 Å². The molecule has 0 fully saturated rings. The van der Waals surface area contributed by atoms with Crippen LogP contribution in [-0.2, 0) is 20.3 Å². The quantitative estimate of drug-likeness (QED) is 0.627. The van der Waals surface area contributed by atoms with Crippen LogP contribution in [0.25, 0.3) is 0 Å². The van der Waals surface area contributed by atoms with Gasteiger partial charge >= 0.3 is 6.18 Å². The number of nitrogens with zero attached hydrogens (tertiary/aromatic N) is 1. The Labute approximate surface area is 169 Å². The fourth-order valence-corrected chi connectivity index (χ4v) is 4.28. The molecular formula is C18H14Cl2F3NO3S. The summed E-state index contributed by atoms with van der Waals surface area (Å²) in [5.74, 6) is -0.0802. The minimum atomic E-state index is -4.79. The third kappa shape index (κ3) is 3.73. The largest absolute Gasteiger partial charge is 0.435 e. The summed E-state index contributed by atoms with van der Waals surface area (Å²) in [6, 6.07) is 9.07. The second kappa shape index (κ2) is 7.24. The molecule has 1 unspecified atom stereocenters. The van der Waals surface area contributed by atoms with Gasteiger partial charge in [0, 0.05) is 22.0 Å². The van der Waals surface area contributed by atoms with E-state index in [0.717, 1.165) is 12.1 Å². The highest BCUT2D eigenvalue weighted by Crippen LogP contribution is 2.49. The summed E-state index contributed by atoms with van der Waals surface area (Å²) in [4.78, 5) is 5.00. The van der Waals surface area contributed by atoms with Gasteiger partial charge in [0.05, 0.1) is 16.4 Å². The number of hydrogen-bond donors (Lipinski definition) is 0. The second-order valence-corrected chi connectivity index (χ2v) is 9.37. The third-order valence-corrected chi connectivity index (χ3v) is 6.63. The maximum absolute atomic E-state index is 14.0. The first-order valence-corrected chi connectivity index (χ1v) is 10.5. The summed E-state index contributed by atoms with van der Waals surface area (Å²) in [5.41, 5.74) is -2.63. The Bertz CT molecular complexity index is 1020. The highest BCUT2D eigenvalue weighted by molar-refractivity contribution is 7.91. The lowest BCUT2D eigenvalue weighted by Gasteiger charge is -2.29. The molecule has 0 saturated carbocycles. The summed E-state index contributed by atoms with van der Waals surface area (Å²) in [7, 11) is -3.42. The number of alkyl halides is 3. The van der Waals surface area contributed by atoms with Gasteiger partial charge in [-0.1, -0.05) is 47.4 Å². The standard InChI is InChI=1S/C18H14Cl2F3NO3S/c1-2-28(25,26)15-5-3-11(4-6-15)16-10-17(27-24-16,18(21,22)23)12-7-13(19)9-14(20)8-12/h3-9H,2,10H2,1H3.